The number of benzene rings is 1. The number of nitrogens with zero attached hydrogens (tertiary/aromatic N) is 7. The molecule has 324 valence electrons. The number of likely N-dealkylation sites (N-methyl/N-ethyl adjacent to an activating group) is 1. The number of anilines is 4. The molecule has 15 heteroatoms. The number of carboxylic acid groups (broad SMARTS) is 1. The average Bonchev–Trinajstić information content (AvgIpc) is 3.58. The van der Waals surface area contributed by atoms with Crippen molar-refractivity contribution in [3.05, 3.63) is 64.2 Å². The van der Waals surface area contributed by atoms with Crippen molar-refractivity contribution in [2.24, 2.45) is 22.7 Å². The molecule has 4 saturated carbocycles. The van der Waals surface area contributed by atoms with E-state index < -0.39 is 5.97 Å². The molecule has 1 aromatic carbocycles. The largest absolute Gasteiger partial charge is 0.476 e. The number of aromatic carboxylic acids is 1. The van der Waals surface area contributed by atoms with Crippen molar-refractivity contribution < 1.29 is 19.0 Å². The molecule has 0 radical (unpaired) electrons. The van der Waals surface area contributed by atoms with Crippen LogP contribution < -0.4 is 15.5 Å². The highest BCUT2D eigenvalue weighted by atomic mass is 32.1. The number of hydrogen-bond donors (Lipinski definition) is 4. The van der Waals surface area contributed by atoms with Crippen LogP contribution in [0.1, 0.15) is 92.9 Å². The number of thiazole rings is 1. The number of pyridine rings is 1. The minimum atomic E-state index is -1.16. The van der Waals surface area contributed by atoms with E-state index in [-0.39, 0.29) is 27.9 Å². The van der Waals surface area contributed by atoms with E-state index in [1.807, 2.05) is 24.8 Å². The van der Waals surface area contributed by atoms with E-state index in [4.69, 9.17) is 15.1 Å². The lowest BCUT2D eigenvalue weighted by Gasteiger charge is -2.56. The molecule has 4 aromatic rings. The molecule has 5 unspecified atom stereocenters. The maximum atomic E-state index is 14.4. The van der Waals surface area contributed by atoms with Gasteiger partial charge in [-0.05, 0) is 119 Å². The number of carboxylic acids is 1. The Morgan fingerprint density at radius 1 is 1.05 bits per heavy atom. The first-order chi connectivity index (χ1) is 29.2. The van der Waals surface area contributed by atoms with Gasteiger partial charge in [0.2, 0.25) is 0 Å². The SMILES string of the molecule is C/C(NCC1CC2(C)CC3(C)CC1CC(OCCN1CCN(C)CC1)(C2)C3)=C(/C=N)c1ccc(N2CCCc3c2nnc(Nc2nc4cccc(F)c4s2)c3C)nc1C(=O)O. The molecule has 5 fully saturated rings. The Labute approximate surface area is 361 Å². The summed E-state index contributed by atoms with van der Waals surface area (Å²) in [6.07, 6.45) is 9.73. The standard InChI is InChI=1S/C46H59FN10O3S/c1-28-32-8-7-13-57(41(32)54-53-40(28)52-43-50-36-10-6-9-35(47)39(36)61-43)37-12-11-33(38(51-37)42(58)59)34(23-48)29(2)49-24-31-21-45(4)25-44(3)20-30(31)22-46(26-44,27-45)60-19-18-56-16-14-55(5)15-17-56/h6,9-12,23,30-31,48-49H,7-8,13-22,24-27H2,1-5H3,(H,58,59)(H,50,52,53)/b34-29+,48-23?. The Morgan fingerprint density at radius 2 is 1.84 bits per heavy atom. The van der Waals surface area contributed by atoms with Gasteiger partial charge in [0.1, 0.15) is 11.6 Å². The van der Waals surface area contributed by atoms with Crippen molar-refractivity contribution in [1.29, 1.82) is 5.41 Å². The van der Waals surface area contributed by atoms with Gasteiger partial charge in [0.05, 0.1) is 22.4 Å². The van der Waals surface area contributed by atoms with Crippen molar-refractivity contribution >= 4 is 61.9 Å². The van der Waals surface area contributed by atoms with Crippen LogP contribution in [0.4, 0.5) is 27.0 Å². The van der Waals surface area contributed by atoms with Crippen molar-refractivity contribution in [2.75, 3.05) is 69.7 Å². The summed E-state index contributed by atoms with van der Waals surface area (Å²) in [7, 11) is 2.20. The number of halogens is 1. The third-order valence-corrected chi connectivity index (χ3v) is 15.4. The van der Waals surface area contributed by atoms with Crippen LogP contribution in [0.5, 0.6) is 0 Å². The fraction of sp³-hybridized carbons (Fsp3) is 0.565. The number of nitrogens with one attached hydrogen (secondary N) is 3. The fourth-order valence-electron chi connectivity index (χ4n) is 12.1. The Balaban J connectivity index is 0.912. The second-order valence-electron chi connectivity index (χ2n) is 19.4. The summed E-state index contributed by atoms with van der Waals surface area (Å²) in [4.78, 5) is 29.0. The molecule has 10 rings (SSSR count). The number of ether oxygens (including phenoxy) is 1. The first kappa shape index (κ1) is 41.8. The van der Waals surface area contributed by atoms with E-state index in [1.54, 1.807) is 18.2 Å². The highest BCUT2D eigenvalue weighted by Gasteiger charge is 2.60. The number of rotatable bonds is 13. The van der Waals surface area contributed by atoms with Gasteiger partial charge in [-0.3, -0.25) is 4.90 Å². The summed E-state index contributed by atoms with van der Waals surface area (Å²) < 4.78 is 21.9. The van der Waals surface area contributed by atoms with Crippen LogP contribution in [-0.4, -0.2) is 112 Å². The van der Waals surface area contributed by atoms with Gasteiger partial charge in [0.25, 0.3) is 0 Å². The lowest BCUT2D eigenvalue weighted by molar-refractivity contribution is -0.166. The van der Waals surface area contributed by atoms with Gasteiger partial charge >= 0.3 is 5.97 Å². The third-order valence-electron chi connectivity index (χ3n) is 14.4. The van der Waals surface area contributed by atoms with Crippen molar-refractivity contribution in [1.82, 2.24) is 35.3 Å². The monoisotopic (exact) mass is 850 g/mol. The summed E-state index contributed by atoms with van der Waals surface area (Å²) in [5.41, 5.74) is 4.40. The summed E-state index contributed by atoms with van der Waals surface area (Å²) in [6, 6.07) is 8.43. The van der Waals surface area contributed by atoms with Crippen molar-refractivity contribution in [3.63, 3.8) is 0 Å². The Bertz CT molecular complexity index is 2380. The van der Waals surface area contributed by atoms with Crippen LogP contribution in [0.15, 0.2) is 36.0 Å². The predicted molar refractivity (Wildman–Crippen MR) is 239 cm³/mol. The van der Waals surface area contributed by atoms with Crippen LogP contribution in [0.2, 0.25) is 0 Å². The van der Waals surface area contributed by atoms with Gasteiger partial charge in [-0.15, -0.1) is 10.2 Å². The molecule has 4 N–H and O–H groups in total. The van der Waals surface area contributed by atoms with Gasteiger partial charge in [-0.2, -0.15) is 0 Å². The van der Waals surface area contributed by atoms with E-state index in [0.717, 1.165) is 101 Å². The Kier molecular flexibility index (Phi) is 11.1. The van der Waals surface area contributed by atoms with E-state index in [1.165, 1.54) is 36.5 Å². The molecule has 5 atom stereocenters. The zero-order chi connectivity index (χ0) is 42.7. The molecule has 6 aliphatic rings. The minimum absolute atomic E-state index is 0.0713. The fourth-order valence-corrected chi connectivity index (χ4v) is 13.0. The highest BCUT2D eigenvalue weighted by molar-refractivity contribution is 7.22. The maximum Gasteiger partial charge on any atom is 0.355 e. The minimum Gasteiger partial charge on any atom is -0.476 e. The van der Waals surface area contributed by atoms with E-state index in [2.05, 4.69) is 56.5 Å². The van der Waals surface area contributed by atoms with E-state index in [9.17, 15) is 14.3 Å². The summed E-state index contributed by atoms with van der Waals surface area (Å²) in [5.74, 6) is 1.12. The van der Waals surface area contributed by atoms with Gasteiger partial charge in [-0.1, -0.05) is 31.3 Å². The van der Waals surface area contributed by atoms with Gasteiger partial charge < -0.3 is 35.7 Å². The molecule has 13 nitrogen and oxygen atoms in total. The first-order valence-corrected chi connectivity index (χ1v) is 22.8. The first-order valence-electron chi connectivity index (χ1n) is 21.9. The van der Waals surface area contributed by atoms with Crippen molar-refractivity contribution in [2.45, 2.75) is 84.7 Å². The molecule has 4 bridgehead atoms. The molecule has 0 amide bonds. The molecule has 0 spiro atoms. The molecule has 5 heterocycles. The molecule has 2 aliphatic heterocycles. The molecular formula is C46H59FN10O3S. The predicted octanol–water partition coefficient (Wildman–Crippen LogP) is 8.05. The molecule has 1 saturated heterocycles. The molecule has 3 aromatic heterocycles. The van der Waals surface area contributed by atoms with Crippen LogP contribution in [-0.2, 0) is 11.2 Å². The number of hydrogen-bond acceptors (Lipinski definition) is 13. The topological polar surface area (TPSA) is 156 Å². The average molecular weight is 851 g/mol. The van der Waals surface area contributed by atoms with Gasteiger partial charge in [-0.25, -0.2) is 19.2 Å². The number of piperazine rings is 1. The number of fused-ring (bicyclic) bond motifs is 3. The number of aromatic nitrogens is 4. The van der Waals surface area contributed by atoms with Crippen LogP contribution in [0.3, 0.4) is 0 Å². The summed E-state index contributed by atoms with van der Waals surface area (Å²) >= 11 is 1.22. The Hall–Kier alpha value is -4.57. The van der Waals surface area contributed by atoms with Gasteiger partial charge in [0.15, 0.2) is 22.5 Å². The summed E-state index contributed by atoms with van der Waals surface area (Å²) in [6.45, 7) is 16.5. The zero-order valence-electron chi connectivity index (χ0n) is 36.1. The lowest BCUT2D eigenvalue weighted by atomic mass is 9.53. The van der Waals surface area contributed by atoms with Crippen LogP contribution in [0, 0.1) is 40.8 Å². The Morgan fingerprint density at radius 3 is 2.59 bits per heavy atom. The second kappa shape index (κ2) is 16.3. The van der Waals surface area contributed by atoms with E-state index >= 15 is 0 Å². The smallest absolute Gasteiger partial charge is 0.355 e. The van der Waals surface area contributed by atoms with Crippen LogP contribution >= 0.6 is 11.3 Å². The quantitative estimate of drug-likeness (QED) is 0.0963. The summed E-state index contributed by atoms with van der Waals surface area (Å²) in [5, 5.41) is 35.6. The maximum absolute atomic E-state index is 14.4. The molecular weight excluding hydrogens is 792 g/mol. The second-order valence-corrected chi connectivity index (χ2v) is 20.4. The molecule has 4 aliphatic carbocycles. The molecule has 61 heavy (non-hydrogen) atoms. The van der Waals surface area contributed by atoms with Crippen LogP contribution in [0.25, 0.3) is 15.8 Å². The third kappa shape index (κ3) is 8.26. The van der Waals surface area contributed by atoms with Gasteiger partial charge in [0, 0.05) is 80.0 Å². The highest BCUT2D eigenvalue weighted by Crippen LogP contribution is 2.66. The number of carbonyl (C=O) groups is 1. The van der Waals surface area contributed by atoms with E-state index in [0.29, 0.717) is 62.3 Å². The van der Waals surface area contributed by atoms with Crippen molar-refractivity contribution in [3.8, 4) is 0 Å². The number of allylic oxidation sites excluding steroid dienone is 2. The lowest BCUT2D eigenvalue weighted by Crippen LogP contribution is -2.53. The normalized spacial score (nSPS) is 28.1. The zero-order valence-corrected chi connectivity index (χ0v) is 36.9.